The number of hydrogen-bond acceptors (Lipinski definition) is 3. The first-order valence-corrected chi connectivity index (χ1v) is 13.1. The highest BCUT2D eigenvalue weighted by atomic mass is 32.2. The number of anilines is 1. The van der Waals surface area contributed by atoms with Crippen molar-refractivity contribution in [3.63, 3.8) is 0 Å². The van der Waals surface area contributed by atoms with E-state index in [1.807, 2.05) is 110 Å². The van der Waals surface area contributed by atoms with E-state index in [9.17, 15) is 13.2 Å². The smallest absolute Gasteiger partial charge is 0.225 e. The highest BCUT2D eigenvalue weighted by Gasteiger charge is 2.33. The van der Waals surface area contributed by atoms with Crippen LogP contribution in [0.15, 0.2) is 115 Å². The van der Waals surface area contributed by atoms with E-state index in [0.717, 1.165) is 22.3 Å². The van der Waals surface area contributed by atoms with Crippen LogP contribution in [0.5, 0.6) is 0 Å². The molecule has 0 aliphatic rings. The number of nitrogens with one attached hydrogen (secondary N) is 1. The van der Waals surface area contributed by atoms with Crippen molar-refractivity contribution in [2.75, 3.05) is 4.31 Å². The van der Waals surface area contributed by atoms with E-state index in [0.29, 0.717) is 18.5 Å². The van der Waals surface area contributed by atoms with Crippen LogP contribution in [0, 0.1) is 6.92 Å². The van der Waals surface area contributed by atoms with E-state index in [4.69, 9.17) is 0 Å². The van der Waals surface area contributed by atoms with Crippen LogP contribution in [0.4, 0.5) is 5.69 Å². The normalized spacial score (nSPS) is 12.6. The largest absolute Gasteiger partial charge is 0.347 e. The van der Waals surface area contributed by atoms with Gasteiger partial charge in [-0.15, -0.1) is 0 Å². The highest BCUT2D eigenvalue weighted by molar-refractivity contribution is 7.74. The molecule has 0 saturated heterocycles. The van der Waals surface area contributed by atoms with Crippen molar-refractivity contribution in [2.45, 2.75) is 31.8 Å². The summed E-state index contributed by atoms with van der Waals surface area (Å²) in [5.74, 6) is -0.140. The van der Waals surface area contributed by atoms with Gasteiger partial charge in [-0.2, -0.15) is 0 Å². The van der Waals surface area contributed by atoms with E-state index in [-0.39, 0.29) is 5.91 Å². The number of thiol groups is 1. The molecule has 1 N–H and O–H groups in total. The maximum absolute atomic E-state index is 13.2. The fourth-order valence-electron chi connectivity index (χ4n) is 4.33. The van der Waals surface area contributed by atoms with E-state index in [1.165, 1.54) is 4.31 Å². The maximum Gasteiger partial charge on any atom is 0.225 e. The number of amides is 1. The molecule has 0 bridgehead atoms. The summed E-state index contributed by atoms with van der Waals surface area (Å²) in [5, 5.41) is 3.17. The molecule has 0 radical (unpaired) electrons. The lowest BCUT2D eigenvalue weighted by Crippen LogP contribution is -2.40. The van der Waals surface area contributed by atoms with Gasteiger partial charge in [-0.25, -0.2) is 8.42 Å². The average molecular weight is 499 g/mol. The summed E-state index contributed by atoms with van der Waals surface area (Å²) in [5.41, 5.74) is 4.27. The number of carbonyl (C=O) groups excluding carboxylic acids is 1. The quantitative estimate of drug-likeness (QED) is 0.281. The number of carbonyl (C=O) groups is 1. The molecule has 4 aromatic carbocycles. The highest BCUT2D eigenvalue weighted by Crippen LogP contribution is 2.37. The molecule has 5 nitrogen and oxygen atoms in total. The zero-order valence-corrected chi connectivity index (χ0v) is 21.1. The molecule has 2 atom stereocenters. The monoisotopic (exact) mass is 498 g/mol. The second-order valence-corrected chi connectivity index (χ2v) is 9.62. The summed E-state index contributed by atoms with van der Waals surface area (Å²) in [6, 6.07) is 34.9. The SMILES string of the molecule is Cc1ccc(N(C(c2ccccc2)C(NC(=O)CCc2ccccc2)c2ccccc2)[SH](=O)=O)cc1. The Kier molecular flexibility index (Phi) is 8.53. The van der Waals surface area contributed by atoms with Gasteiger partial charge in [0, 0.05) is 6.42 Å². The van der Waals surface area contributed by atoms with Gasteiger partial charge in [0.1, 0.15) is 0 Å². The predicted octanol–water partition coefficient (Wildman–Crippen LogP) is 5.56. The van der Waals surface area contributed by atoms with Gasteiger partial charge < -0.3 is 5.32 Å². The van der Waals surface area contributed by atoms with Crippen LogP contribution in [0.3, 0.4) is 0 Å². The Hall–Kier alpha value is -3.90. The molecule has 0 fully saturated rings. The molecule has 0 aliphatic heterocycles. The summed E-state index contributed by atoms with van der Waals surface area (Å²) in [7, 11) is -3.02. The summed E-state index contributed by atoms with van der Waals surface area (Å²) >= 11 is 0. The first kappa shape index (κ1) is 25.2. The third-order valence-corrected chi connectivity index (χ3v) is 6.99. The van der Waals surface area contributed by atoms with E-state index < -0.39 is 23.0 Å². The number of nitrogens with zero attached hydrogens (tertiary/aromatic N) is 1. The molecule has 1 amide bonds. The van der Waals surface area contributed by atoms with Crippen LogP contribution in [0.2, 0.25) is 0 Å². The third-order valence-electron chi connectivity index (χ3n) is 6.15. The number of aryl methyl sites for hydroxylation is 2. The topological polar surface area (TPSA) is 66.5 Å². The fourth-order valence-corrected chi connectivity index (χ4v) is 5.12. The van der Waals surface area contributed by atoms with Gasteiger partial charge in [0.2, 0.25) is 16.8 Å². The van der Waals surface area contributed by atoms with E-state index in [1.54, 1.807) is 12.1 Å². The Morgan fingerprint density at radius 3 is 1.83 bits per heavy atom. The number of benzene rings is 4. The van der Waals surface area contributed by atoms with Crippen molar-refractivity contribution >= 4 is 22.5 Å². The van der Waals surface area contributed by atoms with Crippen molar-refractivity contribution < 1.29 is 13.2 Å². The molecule has 2 unspecified atom stereocenters. The first-order valence-electron chi connectivity index (χ1n) is 12.0. The summed E-state index contributed by atoms with van der Waals surface area (Å²) < 4.78 is 27.0. The van der Waals surface area contributed by atoms with Crippen LogP contribution >= 0.6 is 0 Å². The Bertz CT molecular complexity index is 1320. The average Bonchev–Trinajstić information content (AvgIpc) is 2.91. The minimum absolute atomic E-state index is 0.140. The minimum atomic E-state index is -3.02. The Morgan fingerprint density at radius 2 is 1.28 bits per heavy atom. The predicted molar refractivity (Wildman–Crippen MR) is 145 cm³/mol. The van der Waals surface area contributed by atoms with Crippen molar-refractivity contribution in [1.82, 2.24) is 5.32 Å². The second-order valence-electron chi connectivity index (χ2n) is 8.71. The lowest BCUT2D eigenvalue weighted by atomic mass is 9.92. The van der Waals surface area contributed by atoms with Crippen LogP contribution in [0.25, 0.3) is 0 Å². The molecule has 184 valence electrons. The fraction of sp³-hybridized carbons (Fsp3) is 0.167. The van der Waals surface area contributed by atoms with Gasteiger partial charge in [-0.05, 0) is 42.2 Å². The molecule has 36 heavy (non-hydrogen) atoms. The van der Waals surface area contributed by atoms with Crippen LogP contribution in [-0.2, 0) is 22.1 Å². The second kappa shape index (κ2) is 12.2. The molecular weight excluding hydrogens is 468 g/mol. The molecule has 6 heteroatoms. The first-order chi connectivity index (χ1) is 17.5. The standard InChI is InChI=1S/C30H30N2O3S/c1-23-17-20-27(21-18-23)32(36(34)35)30(26-15-9-4-10-16-26)29(25-13-7-3-8-14-25)31-28(33)22-19-24-11-5-2-6-12-24/h2-18,20-21,29-30,36H,19,22H2,1H3,(H,31,33). The minimum Gasteiger partial charge on any atom is -0.347 e. The Morgan fingerprint density at radius 1 is 0.750 bits per heavy atom. The number of rotatable bonds is 10. The molecule has 0 heterocycles. The zero-order chi connectivity index (χ0) is 25.3. The third kappa shape index (κ3) is 6.40. The summed E-state index contributed by atoms with van der Waals surface area (Å²) in [4.78, 5) is 13.2. The summed E-state index contributed by atoms with van der Waals surface area (Å²) in [6.45, 7) is 1.96. The Balaban J connectivity index is 1.75. The van der Waals surface area contributed by atoms with Crippen molar-refractivity contribution in [3.8, 4) is 0 Å². The lowest BCUT2D eigenvalue weighted by molar-refractivity contribution is -0.122. The Labute approximate surface area is 214 Å². The van der Waals surface area contributed by atoms with Gasteiger partial charge in [0.05, 0.1) is 17.8 Å². The van der Waals surface area contributed by atoms with Crippen molar-refractivity contribution in [3.05, 3.63) is 138 Å². The van der Waals surface area contributed by atoms with E-state index >= 15 is 0 Å². The van der Waals surface area contributed by atoms with Gasteiger partial charge in [0.25, 0.3) is 0 Å². The van der Waals surface area contributed by atoms with Crippen molar-refractivity contribution in [2.24, 2.45) is 0 Å². The van der Waals surface area contributed by atoms with Crippen LogP contribution in [0.1, 0.15) is 40.8 Å². The van der Waals surface area contributed by atoms with Gasteiger partial charge in [-0.1, -0.05) is 109 Å². The molecule has 0 aromatic heterocycles. The van der Waals surface area contributed by atoms with Crippen molar-refractivity contribution in [1.29, 1.82) is 0 Å². The van der Waals surface area contributed by atoms with Gasteiger partial charge in [-0.3, -0.25) is 9.10 Å². The zero-order valence-electron chi connectivity index (χ0n) is 20.2. The van der Waals surface area contributed by atoms with Crippen LogP contribution in [-0.4, -0.2) is 14.3 Å². The molecule has 4 rings (SSSR count). The molecule has 4 aromatic rings. The molecule has 0 saturated carbocycles. The van der Waals surface area contributed by atoms with E-state index in [2.05, 4.69) is 5.32 Å². The van der Waals surface area contributed by atoms with Gasteiger partial charge in [0.15, 0.2) is 0 Å². The van der Waals surface area contributed by atoms with Crippen LogP contribution < -0.4 is 9.62 Å². The summed E-state index contributed by atoms with van der Waals surface area (Å²) in [6.07, 6.45) is 0.893. The number of hydrogen-bond donors (Lipinski definition) is 2. The molecule has 0 spiro atoms. The molecule has 0 aliphatic carbocycles. The maximum atomic E-state index is 13.2. The van der Waals surface area contributed by atoms with Gasteiger partial charge >= 0.3 is 0 Å². The lowest BCUT2D eigenvalue weighted by Gasteiger charge is -2.36. The molecular formula is C30H30N2O3S.